The molecule has 0 spiro atoms. The number of hydrogen-bond acceptors (Lipinski definition) is 7. The number of aryl methyl sites for hydroxylation is 1. The number of aromatic nitrogens is 3. The van der Waals surface area contributed by atoms with E-state index in [1.165, 1.54) is 24.4 Å². The van der Waals surface area contributed by atoms with Crippen molar-refractivity contribution in [1.82, 2.24) is 15.0 Å². The van der Waals surface area contributed by atoms with Gasteiger partial charge in [-0.3, -0.25) is 4.79 Å². The fraction of sp³-hybridized carbons (Fsp3) is 0.333. The van der Waals surface area contributed by atoms with Crippen LogP contribution in [-0.2, 0) is 16.1 Å². The van der Waals surface area contributed by atoms with Crippen LogP contribution < -0.4 is 15.5 Å². The van der Waals surface area contributed by atoms with Crippen LogP contribution in [0.5, 0.6) is 0 Å². The number of anilines is 4. The number of hydrogen-bond donors (Lipinski definition) is 2. The number of carbonyl (C=O) groups is 1. The van der Waals surface area contributed by atoms with Gasteiger partial charge in [0.1, 0.15) is 6.33 Å². The number of amides is 1. The first kappa shape index (κ1) is 21.7. The molecule has 0 radical (unpaired) electrons. The number of ether oxygens (including phenoxy) is 1. The second-order valence-electron chi connectivity index (χ2n) is 7.98. The van der Waals surface area contributed by atoms with Gasteiger partial charge in [0.05, 0.1) is 12.7 Å². The minimum absolute atomic E-state index is 0.115. The number of benzene rings is 2. The van der Waals surface area contributed by atoms with E-state index < -0.39 is 0 Å². The normalized spacial score (nSPS) is 14.2. The van der Waals surface area contributed by atoms with Crippen molar-refractivity contribution in [1.29, 1.82) is 0 Å². The van der Waals surface area contributed by atoms with Crippen molar-refractivity contribution in [3.8, 4) is 0 Å². The largest absolute Gasteiger partial charge is 0.373 e. The van der Waals surface area contributed by atoms with Crippen molar-refractivity contribution in [2.24, 2.45) is 0 Å². The summed E-state index contributed by atoms with van der Waals surface area (Å²) in [6.07, 6.45) is 3.61. The van der Waals surface area contributed by atoms with E-state index in [4.69, 9.17) is 4.74 Å². The van der Waals surface area contributed by atoms with Gasteiger partial charge >= 0.3 is 0 Å². The van der Waals surface area contributed by atoms with Gasteiger partial charge in [0, 0.05) is 31.4 Å². The summed E-state index contributed by atoms with van der Waals surface area (Å²) >= 11 is 0. The fourth-order valence-corrected chi connectivity index (χ4v) is 3.75. The average molecular weight is 433 g/mol. The molecule has 4 rings (SSSR count). The summed E-state index contributed by atoms with van der Waals surface area (Å²) in [4.78, 5) is 26.6. The monoisotopic (exact) mass is 432 g/mol. The lowest BCUT2D eigenvalue weighted by Gasteiger charge is -2.32. The molecule has 0 atom stereocenters. The molecule has 2 aromatic carbocycles. The number of nitrogens with zero attached hydrogens (tertiary/aromatic N) is 4. The molecule has 8 heteroatoms. The third-order valence-corrected chi connectivity index (χ3v) is 5.29. The summed E-state index contributed by atoms with van der Waals surface area (Å²) in [6.45, 7) is 5.89. The molecule has 8 nitrogen and oxygen atoms in total. The molecule has 1 fully saturated rings. The molecule has 1 aromatic heterocycles. The number of carbonyl (C=O) groups excluding carboxylic acids is 1. The predicted octanol–water partition coefficient (Wildman–Crippen LogP) is 4.07. The van der Waals surface area contributed by atoms with Crippen molar-refractivity contribution < 1.29 is 9.53 Å². The maximum Gasteiger partial charge on any atom is 0.231 e. The van der Waals surface area contributed by atoms with Gasteiger partial charge in [-0.2, -0.15) is 4.98 Å². The van der Waals surface area contributed by atoms with E-state index in [2.05, 4.69) is 61.7 Å². The van der Waals surface area contributed by atoms with E-state index in [-0.39, 0.29) is 12.0 Å². The first-order chi connectivity index (χ1) is 15.5. The average Bonchev–Trinajstić information content (AvgIpc) is 2.78. The van der Waals surface area contributed by atoms with E-state index in [0.29, 0.717) is 24.2 Å². The minimum Gasteiger partial charge on any atom is -0.373 e. The van der Waals surface area contributed by atoms with Crippen LogP contribution in [0.25, 0.3) is 0 Å². The van der Waals surface area contributed by atoms with Crippen molar-refractivity contribution in [2.75, 3.05) is 28.6 Å². The molecule has 2 heterocycles. The summed E-state index contributed by atoms with van der Waals surface area (Å²) in [5, 5.41) is 5.95. The Hall–Kier alpha value is -3.52. The Morgan fingerprint density at radius 3 is 2.66 bits per heavy atom. The Morgan fingerprint density at radius 1 is 1.09 bits per heavy atom. The second-order valence-corrected chi connectivity index (χ2v) is 7.98. The number of rotatable bonds is 7. The Labute approximate surface area is 188 Å². The van der Waals surface area contributed by atoms with E-state index in [1.807, 2.05) is 24.3 Å². The summed E-state index contributed by atoms with van der Waals surface area (Å²) < 4.78 is 6.13. The van der Waals surface area contributed by atoms with E-state index >= 15 is 0 Å². The Bertz CT molecular complexity index is 1070. The van der Waals surface area contributed by atoms with Crippen molar-refractivity contribution >= 4 is 29.2 Å². The molecule has 0 aliphatic carbocycles. The molecule has 166 valence electrons. The van der Waals surface area contributed by atoms with Crippen LogP contribution in [0.15, 0.2) is 54.9 Å². The van der Waals surface area contributed by atoms with Crippen LogP contribution in [0, 0.1) is 6.92 Å². The highest BCUT2D eigenvalue weighted by Crippen LogP contribution is 2.22. The van der Waals surface area contributed by atoms with Crippen LogP contribution in [0.2, 0.25) is 0 Å². The van der Waals surface area contributed by atoms with Gasteiger partial charge in [-0.25, -0.2) is 9.97 Å². The smallest absolute Gasteiger partial charge is 0.231 e. The Kier molecular flexibility index (Phi) is 6.91. The molecular formula is C24H28N6O2. The topological polar surface area (TPSA) is 92.3 Å². The number of piperidine rings is 1. The summed E-state index contributed by atoms with van der Waals surface area (Å²) in [5.41, 5.74) is 3.96. The van der Waals surface area contributed by atoms with Crippen LogP contribution >= 0.6 is 0 Å². The van der Waals surface area contributed by atoms with Crippen LogP contribution in [0.3, 0.4) is 0 Å². The molecule has 3 aromatic rings. The summed E-state index contributed by atoms with van der Waals surface area (Å²) in [6, 6.07) is 15.9. The van der Waals surface area contributed by atoms with Gasteiger partial charge in [-0.05, 0) is 43.5 Å². The Balaban J connectivity index is 1.32. The molecule has 0 bridgehead atoms. The molecule has 1 aliphatic rings. The SMILES string of the molecule is CC(=O)Nc1cccc(Nc2ncnc(N3CCC(OCc4cccc(C)c4)CC3)n2)c1. The predicted molar refractivity (Wildman–Crippen MR) is 125 cm³/mol. The van der Waals surface area contributed by atoms with Crippen molar-refractivity contribution in [2.45, 2.75) is 39.4 Å². The Morgan fingerprint density at radius 2 is 1.88 bits per heavy atom. The van der Waals surface area contributed by atoms with E-state index in [0.717, 1.165) is 31.6 Å². The van der Waals surface area contributed by atoms with Crippen molar-refractivity contribution in [3.05, 3.63) is 66.0 Å². The zero-order valence-corrected chi connectivity index (χ0v) is 18.4. The third-order valence-electron chi connectivity index (χ3n) is 5.29. The fourth-order valence-electron chi connectivity index (χ4n) is 3.75. The zero-order valence-electron chi connectivity index (χ0n) is 18.4. The highest BCUT2D eigenvalue weighted by Gasteiger charge is 2.22. The highest BCUT2D eigenvalue weighted by molar-refractivity contribution is 5.89. The molecule has 1 amide bonds. The minimum atomic E-state index is -0.115. The van der Waals surface area contributed by atoms with E-state index in [1.54, 1.807) is 0 Å². The summed E-state index contributed by atoms with van der Waals surface area (Å²) in [5.74, 6) is 1.00. The quantitative estimate of drug-likeness (QED) is 0.581. The first-order valence-electron chi connectivity index (χ1n) is 10.8. The van der Waals surface area contributed by atoms with Gasteiger partial charge < -0.3 is 20.3 Å². The lowest BCUT2D eigenvalue weighted by molar-refractivity contribution is -0.114. The number of nitrogens with one attached hydrogen (secondary N) is 2. The second kappa shape index (κ2) is 10.2. The van der Waals surface area contributed by atoms with E-state index in [9.17, 15) is 4.79 Å². The maximum atomic E-state index is 11.3. The van der Waals surface area contributed by atoms with Crippen LogP contribution in [0.4, 0.5) is 23.3 Å². The third kappa shape index (κ3) is 6.01. The molecule has 0 unspecified atom stereocenters. The van der Waals surface area contributed by atoms with Crippen LogP contribution in [0.1, 0.15) is 30.9 Å². The van der Waals surface area contributed by atoms with Gasteiger partial charge in [0.15, 0.2) is 0 Å². The van der Waals surface area contributed by atoms with Gasteiger partial charge in [-0.1, -0.05) is 35.9 Å². The first-order valence-corrected chi connectivity index (χ1v) is 10.8. The van der Waals surface area contributed by atoms with Gasteiger partial charge in [0.25, 0.3) is 0 Å². The van der Waals surface area contributed by atoms with Gasteiger partial charge in [0.2, 0.25) is 17.8 Å². The molecule has 1 saturated heterocycles. The molecule has 1 aliphatic heterocycles. The summed E-state index contributed by atoms with van der Waals surface area (Å²) in [7, 11) is 0. The van der Waals surface area contributed by atoms with Gasteiger partial charge in [-0.15, -0.1) is 0 Å². The van der Waals surface area contributed by atoms with Crippen LogP contribution in [-0.4, -0.2) is 40.1 Å². The molecular weight excluding hydrogens is 404 g/mol. The molecule has 32 heavy (non-hydrogen) atoms. The zero-order chi connectivity index (χ0) is 22.3. The maximum absolute atomic E-state index is 11.3. The highest BCUT2D eigenvalue weighted by atomic mass is 16.5. The standard InChI is InChI=1S/C24H28N6O2/c1-17-5-3-6-19(13-17)15-32-22-9-11-30(12-10-22)24-26-16-25-23(29-24)28-21-8-4-7-20(14-21)27-18(2)31/h3-8,13-14,16,22H,9-12,15H2,1-2H3,(H,27,31)(H,25,26,28,29). The lowest BCUT2D eigenvalue weighted by atomic mass is 10.1. The molecule has 2 N–H and O–H groups in total. The molecule has 0 saturated carbocycles. The van der Waals surface area contributed by atoms with Crippen molar-refractivity contribution in [3.63, 3.8) is 0 Å². The lowest BCUT2D eigenvalue weighted by Crippen LogP contribution is -2.38.